The maximum Gasteiger partial charge on any atom is 0.188 e. The van der Waals surface area contributed by atoms with Crippen molar-refractivity contribution in [2.24, 2.45) is 0 Å². The van der Waals surface area contributed by atoms with Crippen molar-refractivity contribution < 1.29 is 9.47 Å². The average Bonchev–Trinajstić information content (AvgIpc) is 2.07. The van der Waals surface area contributed by atoms with Gasteiger partial charge in [0, 0.05) is 10.7 Å². The third-order valence-corrected chi connectivity index (χ3v) is 2.65. The fourth-order valence-electron chi connectivity index (χ4n) is 0.790. The molecule has 1 aromatic carbocycles. The van der Waals surface area contributed by atoms with Crippen molar-refractivity contribution in [1.29, 1.82) is 0 Å². The molecule has 0 unspecified atom stereocenters. The van der Waals surface area contributed by atoms with E-state index in [0.717, 1.165) is 5.75 Å². The quantitative estimate of drug-likeness (QED) is 0.625. The van der Waals surface area contributed by atoms with Gasteiger partial charge in [0.05, 0.1) is 0 Å². The van der Waals surface area contributed by atoms with E-state index < -0.39 is 0 Å². The van der Waals surface area contributed by atoms with E-state index in [-0.39, 0.29) is 0 Å². The van der Waals surface area contributed by atoms with Crippen LogP contribution in [0.5, 0.6) is 5.75 Å². The maximum absolute atomic E-state index is 5.26. The van der Waals surface area contributed by atoms with Gasteiger partial charge >= 0.3 is 0 Å². The molecule has 0 bridgehead atoms. The summed E-state index contributed by atoms with van der Waals surface area (Å²) in [5.41, 5.74) is 1.26. The van der Waals surface area contributed by atoms with Crippen molar-refractivity contribution in [2.45, 2.75) is 6.92 Å². The van der Waals surface area contributed by atoms with Crippen LogP contribution in [0.2, 0.25) is 0 Å². The summed E-state index contributed by atoms with van der Waals surface area (Å²) in [6.07, 6.45) is 0. The molecular weight excluding hydrogens is 267 g/mol. The fourth-order valence-corrected chi connectivity index (χ4v) is 1.28. The molecule has 0 heterocycles. The Bertz CT molecular complexity index is 261. The van der Waals surface area contributed by atoms with Gasteiger partial charge in [-0.15, -0.1) is 0 Å². The Kier molecular flexibility index (Phi) is 3.81. The van der Waals surface area contributed by atoms with Crippen molar-refractivity contribution in [3.05, 3.63) is 27.3 Å². The normalized spacial score (nSPS) is 9.92. The minimum Gasteiger partial charge on any atom is -0.468 e. The fraction of sp³-hybridized carbons (Fsp3) is 0.333. The number of aryl methyl sites for hydroxylation is 1. The molecule has 1 aromatic rings. The smallest absolute Gasteiger partial charge is 0.188 e. The van der Waals surface area contributed by atoms with Gasteiger partial charge in [0.1, 0.15) is 5.75 Å². The lowest BCUT2D eigenvalue weighted by Crippen LogP contribution is -1.98. The standard InChI is InChI=1S/C9H11IO2/c1-7-3-4-8(5-9(7)10)12-6-11-2/h3-5H,6H2,1-2H3. The number of rotatable bonds is 3. The molecule has 0 aliphatic rings. The largest absolute Gasteiger partial charge is 0.468 e. The van der Waals surface area contributed by atoms with Crippen LogP contribution >= 0.6 is 22.6 Å². The van der Waals surface area contributed by atoms with Crippen LogP contribution in [0.15, 0.2) is 18.2 Å². The minimum absolute atomic E-state index is 0.305. The zero-order valence-electron chi connectivity index (χ0n) is 7.13. The molecule has 0 saturated carbocycles. The van der Waals surface area contributed by atoms with Crippen molar-refractivity contribution in [3.63, 3.8) is 0 Å². The molecule has 1 rings (SSSR count). The molecular formula is C9H11IO2. The molecule has 0 N–H and O–H groups in total. The molecule has 0 spiro atoms. The first-order valence-corrected chi connectivity index (χ1v) is 4.70. The van der Waals surface area contributed by atoms with Crippen LogP contribution in [0.3, 0.4) is 0 Å². The van der Waals surface area contributed by atoms with E-state index in [2.05, 4.69) is 29.5 Å². The van der Waals surface area contributed by atoms with Gasteiger partial charge in [0.25, 0.3) is 0 Å². The van der Waals surface area contributed by atoms with Gasteiger partial charge < -0.3 is 9.47 Å². The first kappa shape index (κ1) is 9.80. The van der Waals surface area contributed by atoms with Gasteiger partial charge in [0.2, 0.25) is 0 Å². The Hall–Kier alpha value is -0.290. The molecule has 0 atom stereocenters. The second-order valence-corrected chi connectivity index (χ2v) is 3.62. The molecule has 0 aliphatic heterocycles. The second-order valence-electron chi connectivity index (χ2n) is 2.46. The predicted molar refractivity (Wildman–Crippen MR) is 56.4 cm³/mol. The summed E-state index contributed by atoms with van der Waals surface area (Å²) in [6, 6.07) is 5.97. The minimum atomic E-state index is 0.305. The number of benzene rings is 1. The van der Waals surface area contributed by atoms with E-state index in [1.807, 2.05) is 18.2 Å². The number of ether oxygens (including phenoxy) is 2. The lowest BCUT2D eigenvalue weighted by Gasteiger charge is -2.05. The topological polar surface area (TPSA) is 18.5 Å². The molecule has 66 valence electrons. The molecule has 12 heavy (non-hydrogen) atoms. The maximum atomic E-state index is 5.26. The summed E-state index contributed by atoms with van der Waals surface area (Å²) in [5, 5.41) is 0. The van der Waals surface area contributed by atoms with Gasteiger partial charge in [-0.1, -0.05) is 6.07 Å². The van der Waals surface area contributed by atoms with E-state index in [4.69, 9.17) is 9.47 Å². The van der Waals surface area contributed by atoms with E-state index in [9.17, 15) is 0 Å². The summed E-state index contributed by atoms with van der Waals surface area (Å²) in [4.78, 5) is 0. The molecule has 0 radical (unpaired) electrons. The number of halogens is 1. The first-order valence-electron chi connectivity index (χ1n) is 3.62. The summed E-state index contributed by atoms with van der Waals surface area (Å²) in [5.74, 6) is 0.854. The van der Waals surface area contributed by atoms with Gasteiger partial charge in [-0.2, -0.15) is 0 Å². The van der Waals surface area contributed by atoms with Crippen LogP contribution in [-0.4, -0.2) is 13.9 Å². The zero-order chi connectivity index (χ0) is 8.97. The SMILES string of the molecule is COCOc1ccc(C)c(I)c1. The summed E-state index contributed by atoms with van der Waals surface area (Å²) in [7, 11) is 1.61. The van der Waals surface area contributed by atoms with Crippen LogP contribution in [-0.2, 0) is 4.74 Å². The highest BCUT2D eigenvalue weighted by molar-refractivity contribution is 14.1. The summed E-state index contributed by atoms with van der Waals surface area (Å²) in [6.45, 7) is 2.38. The van der Waals surface area contributed by atoms with Crippen LogP contribution < -0.4 is 4.74 Å². The first-order chi connectivity index (χ1) is 5.74. The number of methoxy groups -OCH3 is 1. The molecule has 0 aliphatic carbocycles. The van der Waals surface area contributed by atoms with E-state index in [1.165, 1.54) is 9.13 Å². The molecule has 2 nitrogen and oxygen atoms in total. The Labute approximate surface area is 86.0 Å². The predicted octanol–water partition coefficient (Wildman–Crippen LogP) is 2.58. The Morgan fingerprint density at radius 3 is 2.75 bits per heavy atom. The zero-order valence-corrected chi connectivity index (χ0v) is 9.29. The second kappa shape index (κ2) is 4.67. The number of hydrogen-bond acceptors (Lipinski definition) is 2. The molecule has 0 amide bonds. The van der Waals surface area contributed by atoms with E-state index in [0.29, 0.717) is 6.79 Å². The Morgan fingerprint density at radius 1 is 1.42 bits per heavy atom. The highest BCUT2D eigenvalue weighted by Gasteiger charge is 1.96. The average molecular weight is 278 g/mol. The third-order valence-electron chi connectivity index (χ3n) is 1.49. The molecule has 3 heteroatoms. The van der Waals surface area contributed by atoms with Gasteiger partial charge in [-0.25, -0.2) is 0 Å². The lowest BCUT2D eigenvalue weighted by molar-refractivity contribution is 0.0511. The molecule has 0 saturated heterocycles. The van der Waals surface area contributed by atoms with E-state index >= 15 is 0 Å². The van der Waals surface area contributed by atoms with Crippen LogP contribution in [0.25, 0.3) is 0 Å². The lowest BCUT2D eigenvalue weighted by atomic mass is 10.2. The van der Waals surface area contributed by atoms with Crippen molar-refractivity contribution in [2.75, 3.05) is 13.9 Å². The third kappa shape index (κ3) is 2.64. The summed E-state index contributed by atoms with van der Waals surface area (Å²) >= 11 is 2.28. The van der Waals surface area contributed by atoms with Crippen molar-refractivity contribution in [3.8, 4) is 5.75 Å². The van der Waals surface area contributed by atoms with Gasteiger partial charge in [0.15, 0.2) is 6.79 Å². The Morgan fingerprint density at radius 2 is 2.17 bits per heavy atom. The van der Waals surface area contributed by atoms with Crippen LogP contribution in [0.1, 0.15) is 5.56 Å². The highest BCUT2D eigenvalue weighted by atomic mass is 127. The number of hydrogen-bond donors (Lipinski definition) is 0. The Balaban J connectivity index is 2.69. The van der Waals surface area contributed by atoms with Gasteiger partial charge in [-0.3, -0.25) is 0 Å². The summed E-state index contributed by atoms with van der Waals surface area (Å²) < 4.78 is 11.3. The monoisotopic (exact) mass is 278 g/mol. The van der Waals surface area contributed by atoms with E-state index in [1.54, 1.807) is 7.11 Å². The molecule has 0 fully saturated rings. The molecule has 0 aromatic heterocycles. The van der Waals surface area contributed by atoms with Crippen molar-refractivity contribution >= 4 is 22.6 Å². The van der Waals surface area contributed by atoms with Gasteiger partial charge in [-0.05, 0) is 47.2 Å². The van der Waals surface area contributed by atoms with Crippen LogP contribution in [0, 0.1) is 10.5 Å². The van der Waals surface area contributed by atoms with Crippen molar-refractivity contribution in [1.82, 2.24) is 0 Å². The highest BCUT2D eigenvalue weighted by Crippen LogP contribution is 2.18. The van der Waals surface area contributed by atoms with Crippen LogP contribution in [0.4, 0.5) is 0 Å².